The number of hydrogen-bond donors (Lipinski definition) is 0. The Bertz CT molecular complexity index is 654. The summed E-state index contributed by atoms with van der Waals surface area (Å²) in [5.74, 6) is 6.83. The van der Waals surface area contributed by atoms with Crippen LogP contribution in [0, 0.1) is 18.8 Å². The van der Waals surface area contributed by atoms with E-state index in [0.717, 1.165) is 17.1 Å². The summed E-state index contributed by atoms with van der Waals surface area (Å²) in [7, 11) is 0. The maximum Gasteiger partial charge on any atom is 0.149 e. The van der Waals surface area contributed by atoms with Crippen LogP contribution in [0.4, 0.5) is 0 Å². The number of aryl methyl sites for hydroxylation is 1. The first-order valence-electron chi connectivity index (χ1n) is 7.11. The summed E-state index contributed by atoms with van der Waals surface area (Å²) >= 11 is 0. The number of aromatic nitrogens is 1. The molecule has 0 unspecified atom stereocenters. The fourth-order valence-electron chi connectivity index (χ4n) is 1.91. The molecule has 0 N–H and O–H groups in total. The standard InChI is InChI=1S/C19H21NO/c1-15-7-5-8-17(20-15)9-6-14-21-18-12-10-16(11-13-18)19(2,3)4/h5,7-8,10-13H,14H2,1-4H3. The lowest BCUT2D eigenvalue weighted by Crippen LogP contribution is -2.10. The topological polar surface area (TPSA) is 22.1 Å². The van der Waals surface area contributed by atoms with Crippen molar-refractivity contribution in [2.24, 2.45) is 0 Å². The van der Waals surface area contributed by atoms with Crippen molar-refractivity contribution in [3.63, 3.8) is 0 Å². The van der Waals surface area contributed by atoms with Crippen molar-refractivity contribution in [2.75, 3.05) is 6.61 Å². The molecule has 2 heteroatoms. The molecule has 0 amide bonds. The zero-order valence-corrected chi connectivity index (χ0v) is 13.1. The summed E-state index contributed by atoms with van der Waals surface area (Å²) in [6.45, 7) is 8.92. The monoisotopic (exact) mass is 279 g/mol. The van der Waals surface area contributed by atoms with Crippen molar-refractivity contribution in [1.29, 1.82) is 0 Å². The fourth-order valence-corrected chi connectivity index (χ4v) is 1.91. The van der Waals surface area contributed by atoms with Gasteiger partial charge in [0.15, 0.2) is 0 Å². The smallest absolute Gasteiger partial charge is 0.149 e. The minimum Gasteiger partial charge on any atom is -0.481 e. The van der Waals surface area contributed by atoms with E-state index in [1.54, 1.807) is 0 Å². The van der Waals surface area contributed by atoms with Crippen LogP contribution in [0.15, 0.2) is 42.5 Å². The van der Waals surface area contributed by atoms with E-state index in [1.807, 2.05) is 37.3 Å². The molecule has 1 aromatic heterocycles. The van der Waals surface area contributed by atoms with Gasteiger partial charge in [0.05, 0.1) is 0 Å². The summed E-state index contributed by atoms with van der Waals surface area (Å²) in [6, 6.07) is 14.0. The number of hydrogen-bond acceptors (Lipinski definition) is 2. The Kier molecular flexibility index (Phi) is 4.65. The average Bonchev–Trinajstić information content (AvgIpc) is 2.43. The largest absolute Gasteiger partial charge is 0.481 e. The van der Waals surface area contributed by atoms with Crippen molar-refractivity contribution in [1.82, 2.24) is 4.98 Å². The molecule has 1 aromatic carbocycles. The van der Waals surface area contributed by atoms with Gasteiger partial charge >= 0.3 is 0 Å². The van der Waals surface area contributed by atoms with Crippen LogP contribution >= 0.6 is 0 Å². The Hall–Kier alpha value is -2.27. The van der Waals surface area contributed by atoms with Gasteiger partial charge in [-0.25, -0.2) is 4.98 Å². The van der Waals surface area contributed by atoms with E-state index >= 15 is 0 Å². The Morgan fingerprint density at radius 3 is 2.38 bits per heavy atom. The molecule has 108 valence electrons. The average molecular weight is 279 g/mol. The Morgan fingerprint density at radius 2 is 1.76 bits per heavy atom. The van der Waals surface area contributed by atoms with Crippen LogP contribution in [-0.4, -0.2) is 11.6 Å². The molecule has 2 rings (SSSR count). The van der Waals surface area contributed by atoms with E-state index in [0.29, 0.717) is 6.61 Å². The molecule has 0 saturated carbocycles. The molecular weight excluding hydrogens is 258 g/mol. The number of nitrogens with zero attached hydrogens (tertiary/aromatic N) is 1. The zero-order chi connectivity index (χ0) is 15.3. The highest BCUT2D eigenvalue weighted by Crippen LogP contribution is 2.24. The predicted octanol–water partition coefficient (Wildman–Crippen LogP) is 4.12. The van der Waals surface area contributed by atoms with E-state index < -0.39 is 0 Å². The highest BCUT2D eigenvalue weighted by atomic mass is 16.5. The second kappa shape index (κ2) is 6.45. The molecule has 0 fully saturated rings. The van der Waals surface area contributed by atoms with Crippen LogP contribution in [0.3, 0.4) is 0 Å². The molecule has 0 bridgehead atoms. The van der Waals surface area contributed by atoms with Gasteiger partial charge in [0.1, 0.15) is 18.1 Å². The van der Waals surface area contributed by atoms with E-state index in [2.05, 4.69) is 49.7 Å². The quantitative estimate of drug-likeness (QED) is 0.772. The van der Waals surface area contributed by atoms with Crippen molar-refractivity contribution in [3.05, 3.63) is 59.4 Å². The first-order chi connectivity index (χ1) is 9.95. The lowest BCUT2D eigenvalue weighted by molar-refractivity contribution is 0.370. The summed E-state index contributed by atoms with van der Waals surface area (Å²) < 4.78 is 5.62. The van der Waals surface area contributed by atoms with Gasteiger partial charge < -0.3 is 4.74 Å². The molecule has 0 atom stereocenters. The number of ether oxygens (including phenoxy) is 1. The SMILES string of the molecule is Cc1cccc(C#CCOc2ccc(C(C)(C)C)cc2)n1. The number of pyridine rings is 1. The van der Waals surface area contributed by atoms with Gasteiger partial charge in [0, 0.05) is 5.69 Å². The fraction of sp³-hybridized carbons (Fsp3) is 0.316. The molecule has 0 spiro atoms. The van der Waals surface area contributed by atoms with Crippen LogP contribution in [0.2, 0.25) is 0 Å². The summed E-state index contributed by atoms with van der Waals surface area (Å²) in [5, 5.41) is 0. The molecule has 0 saturated heterocycles. The van der Waals surface area contributed by atoms with E-state index in [1.165, 1.54) is 5.56 Å². The van der Waals surface area contributed by atoms with E-state index in [-0.39, 0.29) is 5.41 Å². The number of benzene rings is 1. The summed E-state index contributed by atoms with van der Waals surface area (Å²) in [6.07, 6.45) is 0. The molecule has 2 nitrogen and oxygen atoms in total. The second-order valence-corrected chi connectivity index (χ2v) is 6.03. The zero-order valence-electron chi connectivity index (χ0n) is 13.1. The molecule has 0 radical (unpaired) electrons. The van der Waals surface area contributed by atoms with Crippen molar-refractivity contribution in [3.8, 4) is 17.6 Å². The van der Waals surface area contributed by atoms with Crippen LogP contribution in [-0.2, 0) is 5.41 Å². The molecule has 21 heavy (non-hydrogen) atoms. The van der Waals surface area contributed by atoms with Crippen molar-refractivity contribution >= 4 is 0 Å². The lowest BCUT2D eigenvalue weighted by Gasteiger charge is -2.18. The Morgan fingerprint density at radius 1 is 1.05 bits per heavy atom. The molecule has 0 aliphatic rings. The summed E-state index contributed by atoms with van der Waals surface area (Å²) in [5.41, 5.74) is 3.21. The maximum absolute atomic E-state index is 5.62. The minimum atomic E-state index is 0.162. The number of rotatable bonds is 2. The van der Waals surface area contributed by atoms with Crippen LogP contribution < -0.4 is 4.74 Å². The van der Waals surface area contributed by atoms with Gasteiger partial charge in [-0.1, -0.05) is 44.9 Å². The lowest BCUT2D eigenvalue weighted by atomic mass is 9.87. The molecule has 2 aromatic rings. The highest BCUT2D eigenvalue weighted by Gasteiger charge is 2.12. The van der Waals surface area contributed by atoms with Crippen molar-refractivity contribution < 1.29 is 4.74 Å². The van der Waals surface area contributed by atoms with E-state index in [4.69, 9.17) is 4.74 Å². The molecular formula is C19H21NO. The van der Waals surface area contributed by atoms with Gasteiger partial charge in [-0.15, -0.1) is 0 Å². The predicted molar refractivity (Wildman–Crippen MR) is 86.5 cm³/mol. The van der Waals surface area contributed by atoms with Crippen LogP contribution in [0.5, 0.6) is 5.75 Å². The van der Waals surface area contributed by atoms with E-state index in [9.17, 15) is 0 Å². The minimum absolute atomic E-state index is 0.162. The Balaban J connectivity index is 1.92. The van der Waals surface area contributed by atoms with Crippen LogP contribution in [0.25, 0.3) is 0 Å². The Labute approximate surface area is 127 Å². The maximum atomic E-state index is 5.62. The second-order valence-electron chi connectivity index (χ2n) is 6.03. The summed E-state index contributed by atoms with van der Waals surface area (Å²) in [4.78, 5) is 4.33. The molecule has 1 heterocycles. The highest BCUT2D eigenvalue weighted by molar-refractivity contribution is 5.32. The van der Waals surface area contributed by atoms with Gasteiger partial charge in [0.25, 0.3) is 0 Å². The first kappa shape index (κ1) is 15.1. The van der Waals surface area contributed by atoms with Gasteiger partial charge in [-0.05, 0) is 48.1 Å². The molecule has 0 aliphatic carbocycles. The van der Waals surface area contributed by atoms with Gasteiger partial charge in [-0.3, -0.25) is 0 Å². The van der Waals surface area contributed by atoms with Crippen molar-refractivity contribution in [2.45, 2.75) is 33.1 Å². The first-order valence-corrected chi connectivity index (χ1v) is 7.11. The third kappa shape index (κ3) is 4.65. The third-order valence-corrected chi connectivity index (χ3v) is 3.14. The van der Waals surface area contributed by atoms with Gasteiger partial charge in [0.2, 0.25) is 0 Å². The normalized spacial score (nSPS) is 10.7. The van der Waals surface area contributed by atoms with Crippen LogP contribution in [0.1, 0.15) is 37.7 Å². The third-order valence-electron chi connectivity index (χ3n) is 3.14. The molecule has 0 aliphatic heterocycles. The van der Waals surface area contributed by atoms with Gasteiger partial charge in [-0.2, -0.15) is 0 Å².